The molecule has 0 aromatic heterocycles. The van der Waals surface area contributed by atoms with Crippen molar-refractivity contribution in [2.75, 3.05) is 13.7 Å². The van der Waals surface area contributed by atoms with Crippen LogP contribution < -0.4 is 0 Å². The second-order valence-corrected chi connectivity index (χ2v) is 4.73. The lowest BCUT2D eigenvalue weighted by atomic mass is 10.0. The summed E-state index contributed by atoms with van der Waals surface area (Å²) < 4.78 is 17.1. The molecule has 0 amide bonds. The zero-order valence-corrected chi connectivity index (χ0v) is 10.9. The summed E-state index contributed by atoms with van der Waals surface area (Å²) in [6.07, 6.45) is 7.45. The summed E-state index contributed by atoms with van der Waals surface area (Å²) in [5, 5.41) is 0. The third-order valence-corrected chi connectivity index (χ3v) is 3.61. The van der Waals surface area contributed by atoms with Gasteiger partial charge >= 0.3 is 0 Å². The van der Waals surface area contributed by atoms with Gasteiger partial charge in [0.05, 0.1) is 19.8 Å². The summed E-state index contributed by atoms with van der Waals surface area (Å²) >= 11 is 0. The highest BCUT2D eigenvalue weighted by molar-refractivity contribution is 5.31. The average molecular weight is 238 g/mol. The van der Waals surface area contributed by atoms with Gasteiger partial charge in [-0.3, -0.25) is 0 Å². The molecule has 0 aromatic carbocycles. The maximum Gasteiger partial charge on any atom is 0.187 e. The largest absolute Gasteiger partial charge is 0.497 e. The summed E-state index contributed by atoms with van der Waals surface area (Å²) in [6, 6.07) is 0. The molecule has 2 rings (SSSR count). The molecule has 17 heavy (non-hydrogen) atoms. The summed E-state index contributed by atoms with van der Waals surface area (Å²) in [5.74, 6) is 1.45. The van der Waals surface area contributed by atoms with E-state index in [2.05, 4.69) is 26.0 Å². The van der Waals surface area contributed by atoms with Crippen LogP contribution in [-0.4, -0.2) is 26.1 Å². The van der Waals surface area contributed by atoms with Crippen LogP contribution >= 0.6 is 0 Å². The van der Waals surface area contributed by atoms with E-state index in [-0.39, 0.29) is 12.4 Å². The van der Waals surface area contributed by atoms with Crippen molar-refractivity contribution in [3.8, 4) is 0 Å². The molecule has 1 heterocycles. The molecule has 96 valence electrons. The highest BCUT2D eigenvalue weighted by atomic mass is 16.7. The Morgan fingerprint density at radius 2 is 2.18 bits per heavy atom. The Hall–Kier alpha value is -0.800. The predicted octanol–water partition coefficient (Wildman–Crippen LogP) is 3.02. The van der Waals surface area contributed by atoms with Crippen molar-refractivity contribution < 1.29 is 14.2 Å². The van der Waals surface area contributed by atoms with Crippen LogP contribution in [-0.2, 0) is 14.2 Å². The third-order valence-electron chi connectivity index (χ3n) is 3.61. The quantitative estimate of drug-likeness (QED) is 0.753. The Bertz CT molecular complexity index is 319. The molecule has 3 atom stereocenters. The smallest absolute Gasteiger partial charge is 0.187 e. The molecule has 1 saturated heterocycles. The molecule has 3 heteroatoms. The normalized spacial score (nSPS) is 30.8. The van der Waals surface area contributed by atoms with Gasteiger partial charge in [-0.25, -0.2) is 0 Å². The van der Waals surface area contributed by atoms with Crippen LogP contribution in [0, 0.1) is 5.92 Å². The van der Waals surface area contributed by atoms with Crippen LogP contribution in [0.15, 0.2) is 23.5 Å². The first-order chi connectivity index (χ1) is 8.26. The molecule has 1 aliphatic carbocycles. The molecule has 0 N–H and O–H groups in total. The Labute approximate surface area is 103 Å². The van der Waals surface area contributed by atoms with E-state index in [1.165, 1.54) is 0 Å². The maximum absolute atomic E-state index is 5.97. The lowest BCUT2D eigenvalue weighted by Crippen LogP contribution is -2.22. The Morgan fingerprint density at radius 1 is 1.41 bits per heavy atom. The summed E-state index contributed by atoms with van der Waals surface area (Å²) in [6.45, 7) is 5.08. The minimum Gasteiger partial charge on any atom is -0.497 e. The van der Waals surface area contributed by atoms with E-state index >= 15 is 0 Å². The zero-order valence-electron chi connectivity index (χ0n) is 10.9. The van der Waals surface area contributed by atoms with Gasteiger partial charge in [0.15, 0.2) is 6.29 Å². The summed E-state index contributed by atoms with van der Waals surface area (Å²) in [7, 11) is 1.70. The van der Waals surface area contributed by atoms with Crippen LogP contribution in [0.2, 0.25) is 0 Å². The van der Waals surface area contributed by atoms with Crippen LogP contribution in [0.4, 0.5) is 0 Å². The van der Waals surface area contributed by atoms with Gasteiger partial charge in [-0.15, -0.1) is 0 Å². The van der Waals surface area contributed by atoms with E-state index < -0.39 is 0 Å². The van der Waals surface area contributed by atoms with Crippen LogP contribution in [0.5, 0.6) is 0 Å². The van der Waals surface area contributed by atoms with E-state index in [9.17, 15) is 0 Å². The first-order valence-corrected chi connectivity index (χ1v) is 6.47. The van der Waals surface area contributed by atoms with Gasteiger partial charge < -0.3 is 14.2 Å². The zero-order chi connectivity index (χ0) is 12.3. The Kier molecular flexibility index (Phi) is 4.24. The second-order valence-electron chi connectivity index (χ2n) is 4.73. The van der Waals surface area contributed by atoms with Crippen molar-refractivity contribution in [2.24, 2.45) is 5.92 Å². The molecule has 0 aromatic rings. The van der Waals surface area contributed by atoms with Crippen LogP contribution in [0.25, 0.3) is 0 Å². The Balaban J connectivity index is 2.00. The summed E-state index contributed by atoms with van der Waals surface area (Å²) in [5.41, 5.74) is 1.06. The van der Waals surface area contributed by atoms with Gasteiger partial charge in [0.1, 0.15) is 5.76 Å². The number of hydrogen-bond acceptors (Lipinski definition) is 3. The number of methoxy groups -OCH3 is 1. The van der Waals surface area contributed by atoms with Crippen molar-refractivity contribution in [1.29, 1.82) is 0 Å². The van der Waals surface area contributed by atoms with Gasteiger partial charge in [-0.1, -0.05) is 26.3 Å². The van der Waals surface area contributed by atoms with Crippen LogP contribution in [0.1, 0.15) is 33.1 Å². The molecule has 0 radical (unpaired) electrons. The predicted molar refractivity (Wildman–Crippen MR) is 66.5 cm³/mol. The molecule has 3 unspecified atom stereocenters. The fourth-order valence-electron chi connectivity index (χ4n) is 2.23. The van der Waals surface area contributed by atoms with Gasteiger partial charge in [0, 0.05) is 5.57 Å². The number of hydrogen-bond donors (Lipinski definition) is 0. The highest BCUT2D eigenvalue weighted by Gasteiger charge is 2.33. The molecular formula is C14H22O3. The minimum atomic E-state index is -0.236. The summed E-state index contributed by atoms with van der Waals surface area (Å²) in [4.78, 5) is 0. The van der Waals surface area contributed by atoms with Crippen molar-refractivity contribution in [2.45, 2.75) is 45.5 Å². The van der Waals surface area contributed by atoms with Crippen molar-refractivity contribution >= 4 is 0 Å². The first-order valence-electron chi connectivity index (χ1n) is 6.47. The maximum atomic E-state index is 5.97. The Morgan fingerprint density at radius 3 is 2.88 bits per heavy atom. The van der Waals surface area contributed by atoms with Crippen LogP contribution in [0.3, 0.4) is 0 Å². The van der Waals surface area contributed by atoms with Crippen molar-refractivity contribution in [3.63, 3.8) is 0 Å². The molecule has 0 saturated carbocycles. The molecular weight excluding hydrogens is 216 g/mol. The molecule has 0 spiro atoms. The van der Waals surface area contributed by atoms with E-state index in [1.807, 2.05) is 0 Å². The van der Waals surface area contributed by atoms with Gasteiger partial charge in [-0.05, 0) is 24.8 Å². The van der Waals surface area contributed by atoms with Crippen molar-refractivity contribution in [3.05, 3.63) is 23.5 Å². The minimum absolute atomic E-state index is 0.214. The monoisotopic (exact) mass is 238 g/mol. The fraction of sp³-hybridized carbons (Fsp3) is 0.714. The number of allylic oxidation sites excluding steroid dienone is 2. The first kappa shape index (κ1) is 12.7. The molecule has 0 bridgehead atoms. The van der Waals surface area contributed by atoms with E-state index in [0.29, 0.717) is 12.5 Å². The van der Waals surface area contributed by atoms with E-state index in [4.69, 9.17) is 14.2 Å². The van der Waals surface area contributed by atoms with Gasteiger partial charge in [-0.2, -0.15) is 0 Å². The molecule has 1 aliphatic heterocycles. The SMILES string of the molecule is CCC(C)C1COC(C2=CCCC=C2OC)O1. The standard InChI is InChI=1S/C14H22O3/c1-4-10(2)13-9-16-14(17-13)11-7-5-6-8-12(11)15-3/h7-8,10,13-14H,4-6,9H2,1-3H3. The lowest BCUT2D eigenvalue weighted by molar-refractivity contribution is -0.0407. The topological polar surface area (TPSA) is 27.7 Å². The average Bonchev–Trinajstić information content (AvgIpc) is 2.87. The number of ether oxygens (including phenoxy) is 3. The lowest BCUT2D eigenvalue weighted by Gasteiger charge is -2.21. The van der Waals surface area contributed by atoms with Crippen molar-refractivity contribution in [1.82, 2.24) is 0 Å². The van der Waals surface area contributed by atoms with Gasteiger partial charge in [0.25, 0.3) is 0 Å². The number of rotatable bonds is 4. The van der Waals surface area contributed by atoms with Gasteiger partial charge in [0.2, 0.25) is 0 Å². The molecule has 2 aliphatic rings. The molecule has 1 fully saturated rings. The van der Waals surface area contributed by atoms with E-state index in [0.717, 1.165) is 30.6 Å². The fourth-order valence-corrected chi connectivity index (χ4v) is 2.23. The van der Waals surface area contributed by atoms with E-state index in [1.54, 1.807) is 7.11 Å². The third kappa shape index (κ3) is 2.72. The molecule has 3 nitrogen and oxygen atoms in total. The second kappa shape index (κ2) is 5.69. The highest BCUT2D eigenvalue weighted by Crippen LogP contribution is 2.31.